The molecule has 0 aromatic carbocycles. The highest BCUT2D eigenvalue weighted by Crippen LogP contribution is 2.15. The molecule has 0 aliphatic heterocycles. The highest BCUT2D eigenvalue weighted by Gasteiger charge is 2.27. The third-order valence-electron chi connectivity index (χ3n) is 3.07. The first kappa shape index (κ1) is 14.1. The van der Waals surface area contributed by atoms with Crippen LogP contribution >= 0.6 is 11.3 Å². The van der Waals surface area contributed by atoms with Gasteiger partial charge >= 0.3 is 0 Å². The Morgan fingerprint density at radius 2 is 2.18 bits per heavy atom. The standard InChI is InChI=1S/C12H20N2O2S/c1-4-12(5-2,8-15)14-11(16)6-10-7-17-9(3)13-10/h7,15H,4-6,8H2,1-3H3,(H,14,16). The van der Waals surface area contributed by atoms with Gasteiger partial charge in [0, 0.05) is 5.38 Å². The summed E-state index contributed by atoms with van der Waals surface area (Å²) in [4.78, 5) is 16.1. The highest BCUT2D eigenvalue weighted by atomic mass is 32.1. The molecule has 0 unspecified atom stereocenters. The number of thiazole rings is 1. The molecule has 1 rings (SSSR count). The zero-order chi connectivity index (χ0) is 12.9. The van der Waals surface area contributed by atoms with Crippen molar-refractivity contribution in [2.75, 3.05) is 6.61 Å². The summed E-state index contributed by atoms with van der Waals surface area (Å²) >= 11 is 1.54. The molecule has 5 heteroatoms. The summed E-state index contributed by atoms with van der Waals surface area (Å²) in [6.07, 6.45) is 1.73. The summed E-state index contributed by atoms with van der Waals surface area (Å²) in [7, 11) is 0. The van der Waals surface area contributed by atoms with E-state index in [-0.39, 0.29) is 18.9 Å². The number of rotatable bonds is 6. The smallest absolute Gasteiger partial charge is 0.226 e. The molecular weight excluding hydrogens is 236 g/mol. The third kappa shape index (κ3) is 3.78. The van der Waals surface area contributed by atoms with Gasteiger partial charge in [0.1, 0.15) is 0 Å². The van der Waals surface area contributed by atoms with Crippen LogP contribution in [-0.2, 0) is 11.2 Å². The summed E-state index contributed by atoms with van der Waals surface area (Å²) < 4.78 is 0. The normalized spacial score (nSPS) is 11.5. The van der Waals surface area contributed by atoms with Crippen LogP contribution in [0.4, 0.5) is 0 Å². The maximum Gasteiger partial charge on any atom is 0.226 e. The first-order chi connectivity index (χ1) is 8.05. The summed E-state index contributed by atoms with van der Waals surface area (Å²) in [5.41, 5.74) is 0.311. The van der Waals surface area contributed by atoms with Crippen molar-refractivity contribution < 1.29 is 9.90 Å². The summed E-state index contributed by atoms with van der Waals surface area (Å²) in [5.74, 6) is -0.0759. The van der Waals surface area contributed by atoms with Gasteiger partial charge in [-0.1, -0.05) is 13.8 Å². The van der Waals surface area contributed by atoms with Crippen LogP contribution in [0.2, 0.25) is 0 Å². The fraction of sp³-hybridized carbons (Fsp3) is 0.667. The lowest BCUT2D eigenvalue weighted by molar-refractivity contribution is -0.123. The van der Waals surface area contributed by atoms with Crippen LogP contribution in [0.25, 0.3) is 0 Å². The monoisotopic (exact) mass is 256 g/mol. The quantitative estimate of drug-likeness (QED) is 0.813. The molecule has 1 heterocycles. The summed E-state index contributed by atoms with van der Waals surface area (Å²) in [5, 5.41) is 15.1. The van der Waals surface area contributed by atoms with E-state index in [2.05, 4.69) is 10.3 Å². The molecule has 2 N–H and O–H groups in total. The maximum atomic E-state index is 11.9. The van der Waals surface area contributed by atoms with E-state index in [1.165, 1.54) is 0 Å². The Kier molecular flexibility index (Phi) is 5.08. The maximum absolute atomic E-state index is 11.9. The number of hydrogen-bond donors (Lipinski definition) is 2. The number of carbonyl (C=O) groups is 1. The highest BCUT2D eigenvalue weighted by molar-refractivity contribution is 7.09. The Labute approximate surface area is 106 Å². The van der Waals surface area contributed by atoms with Crippen molar-refractivity contribution in [3.63, 3.8) is 0 Å². The van der Waals surface area contributed by atoms with Crippen LogP contribution in [0.3, 0.4) is 0 Å². The van der Waals surface area contributed by atoms with Crippen LogP contribution in [-0.4, -0.2) is 28.1 Å². The second-order valence-electron chi connectivity index (χ2n) is 4.23. The van der Waals surface area contributed by atoms with Crippen LogP contribution in [0.5, 0.6) is 0 Å². The Morgan fingerprint density at radius 1 is 1.53 bits per heavy atom. The van der Waals surface area contributed by atoms with Crippen LogP contribution < -0.4 is 5.32 Å². The lowest BCUT2D eigenvalue weighted by atomic mass is 9.93. The van der Waals surface area contributed by atoms with Crippen LogP contribution in [0, 0.1) is 6.92 Å². The van der Waals surface area contributed by atoms with Gasteiger partial charge in [0.05, 0.1) is 29.3 Å². The minimum atomic E-state index is -0.484. The molecule has 0 aliphatic carbocycles. The molecule has 1 aromatic heterocycles. The Hall–Kier alpha value is -0.940. The van der Waals surface area contributed by atoms with E-state index >= 15 is 0 Å². The zero-order valence-corrected chi connectivity index (χ0v) is 11.4. The molecule has 0 radical (unpaired) electrons. The van der Waals surface area contributed by atoms with Crippen molar-refractivity contribution in [3.05, 3.63) is 16.1 Å². The van der Waals surface area contributed by atoms with Crippen molar-refractivity contribution in [2.45, 2.75) is 45.6 Å². The molecule has 1 amide bonds. The topological polar surface area (TPSA) is 62.2 Å². The molecule has 96 valence electrons. The predicted molar refractivity (Wildman–Crippen MR) is 69.1 cm³/mol. The average Bonchev–Trinajstić information content (AvgIpc) is 2.72. The number of hydrogen-bond acceptors (Lipinski definition) is 4. The molecule has 4 nitrogen and oxygen atoms in total. The number of nitrogens with zero attached hydrogens (tertiary/aromatic N) is 1. The van der Waals surface area contributed by atoms with Gasteiger partial charge in [-0.2, -0.15) is 0 Å². The fourth-order valence-corrected chi connectivity index (χ4v) is 2.30. The minimum Gasteiger partial charge on any atom is -0.394 e. The lowest BCUT2D eigenvalue weighted by Crippen LogP contribution is -2.51. The van der Waals surface area contributed by atoms with E-state index in [1.807, 2.05) is 26.2 Å². The molecule has 0 aliphatic rings. The minimum absolute atomic E-state index is 0.0260. The lowest BCUT2D eigenvalue weighted by Gasteiger charge is -2.30. The van der Waals surface area contributed by atoms with E-state index in [0.29, 0.717) is 0 Å². The molecule has 0 saturated carbocycles. The molecule has 0 fully saturated rings. The second kappa shape index (κ2) is 6.12. The van der Waals surface area contributed by atoms with Gasteiger partial charge in [-0.25, -0.2) is 4.98 Å². The van der Waals surface area contributed by atoms with Gasteiger partial charge in [0.15, 0.2) is 0 Å². The number of nitrogens with one attached hydrogen (secondary N) is 1. The Balaban J connectivity index is 2.59. The summed E-state index contributed by atoms with van der Waals surface area (Å²) in [6.45, 7) is 5.82. The number of aromatic nitrogens is 1. The zero-order valence-electron chi connectivity index (χ0n) is 10.6. The average molecular weight is 256 g/mol. The van der Waals surface area contributed by atoms with E-state index in [1.54, 1.807) is 11.3 Å². The number of aliphatic hydroxyl groups is 1. The van der Waals surface area contributed by atoms with E-state index in [0.717, 1.165) is 23.5 Å². The van der Waals surface area contributed by atoms with Gasteiger partial charge in [0.2, 0.25) is 5.91 Å². The SMILES string of the molecule is CCC(CC)(CO)NC(=O)Cc1csc(C)n1. The van der Waals surface area contributed by atoms with Crippen molar-refractivity contribution in [3.8, 4) is 0 Å². The van der Waals surface area contributed by atoms with Crippen molar-refractivity contribution in [1.29, 1.82) is 0 Å². The van der Waals surface area contributed by atoms with Gasteiger partial charge in [0.25, 0.3) is 0 Å². The van der Waals surface area contributed by atoms with Crippen molar-refractivity contribution in [1.82, 2.24) is 10.3 Å². The van der Waals surface area contributed by atoms with Crippen LogP contribution in [0.15, 0.2) is 5.38 Å². The third-order valence-corrected chi connectivity index (χ3v) is 3.89. The van der Waals surface area contributed by atoms with E-state index in [4.69, 9.17) is 0 Å². The van der Waals surface area contributed by atoms with Gasteiger partial charge < -0.3 is 10.4 Å². The first-order valence-electron chi connectivity index (χ1n) is 5.88. The molecule has 0 atom stereocenters. The number of carbonyl (C=O) groups excluding carboxylic acids is 1. The molecular formula is C12H20N2O2S. The first-order valence-corrected chi connectivity index (χ1v) is 6.76. The Morgan fingerprint density at radius 3 is 2.59 bits per heavy atom. The molecule has 0 saturated heterocycles. The Bertz CT molecular complexity index is 364. The van der Waals surface area contributed by atoms with E-state index < -0.39 is 5.54 Å². The second-order valence-corrected chi connectivity index (χ2v) is 5.29. The molecule has 0 bridgehead atoms. The van der Waals surface area contributed by atoms with Crippen LogP contribution in [0.1, 0.15) is 37.4 Å². The number of amides is 1. The number of aryl methyl sites for hydroxylation is 1. The van der Waals surface area contributed by atoms with Crippen molar-refractivity contribution in [2.24, 2.45) is 0 Å². The predicted octanol–water partition coefficient (Wildman–Crippen LogP) is 1.66. The fourth-order valence-electron chi connectivity index (χ4n) is 1.68. The molecule has 17 heavy (non-hydrogen) atoms. The largest absolute Gasteiger partial charge is 0.394 e. The summed E-state index contributed by atoms with van der Waals surface area (Å²) in [6, 6.07) is 0. The van der Waals surface area contributed by atoms with Gasteiger partial charge in [-0.3, -0.25) is 4.79 Å². The van der Waals surface area contributed by atoms with Gasteiger partial charge in [-0.05, 0) is 19.8 Å². The van der Waals surface area contributed by atoms with Gasteiger partial charge in [-0.15, -0.1) is 11.3 Å². The van der Waals surface area contributed by atoms with E-state index in [9.17, 15) is 9.90 Å². The number of aliphatic hydroxyl groups excluding tert-OH is 1. The molecule has 0 spiro atoms. The van der Waals surface area contributed by atoms with Crippen molar-refractivity contribution >= 4 is 17.2 Å². The molecule has 1 aromatic rings.